The second kappa shape index (κ2) is 7.35. The largest absolute Gasteiger partial charge is 0.466 e. The van der Waals surface area contributed by atoms with Gasteiger partial charge in [0.25, 0.3) is 0 Å². The van der Waals surface area contributed by atoms with Crippen molar-refractivity contribution in [2.45, 2.75) is 19.8 Å². The molecule has 0 aromatic rings. The maximum atomic E-state index is 11.5. The molecule has 0 aromatic heterocycles. The number of hydrogen-bond acceptors (Lipinski definition) is 5. The van der Waals surface area contributed by atoms with Crippen molar-refractivity contribution >= 4 is 11.8 Å². The highest BCUT2D eigenvalue weighted by Crippen LogP contribution is 1.98. The van der Waals surface area contributed by atoms with Crippen molar-refractivity contribution in [3.05, 3.63) is 0 Å². The molecule has 0 saturated carbocycles. The van der Waals surface area contributed by atoms with E-state index in [0.717, 1.165) is 32.6 Å². The molecule has 5 heteroatoms. The number of nitrogens with one attached hydrogen (secondary N) is 1. The van der Waals surface area contributed by atoms with Crippen LogP contribution in [0, 0.1) is 0 Å². The van der Waals surface area contributed by atoms with Gasteiger partial charge in [-0.3, -0.25) is 14.5 Å². The Kier molecular flexibility index (Phi) is 6.03. The molecule has 1 rings (SSSR count). The molecular weight excluding hydrogens is 208 g/mol. The van der Waals surface area contributed by atoms with Crippen molar-refractivity contribution in [3.8, 4) is 0 Å². The fraction of sp³-hybridized carbons (Fsp3) is 0.818. The van der Waals surface area contributed by atoms with Crippen molar-refractivity contribution < 1.29 is 14.3 Å². The normalized spacial score (nSPS) is 17.8. The molecule has 0 spiro atoms. The zero-order chi connectivity index (χ0) is 11.8. The number of carbonyl (C=O) groups excluding carboxylic acids is 2. The minimum Gasteiger partial charge on any atom is -0.466 e. The first kappa shape index (κ1) is 13.1. The Morgan fingerprint density at radius 2 is 2.12 bits per heavy atom. The van der Waals surface area contributed by atoms with Crippen molar-refractivity contribution in [1.29, 1.82) is 0 Å². The van der Waals surface area contributed by atoms with Gasteiger partial charge in [-0.25, -0.2) is 0 Å². The maximum absolute atomic E-state index is 11.5. The van der Waals surface area contributed by atoms with Gasteiger partial charge >= 0.3 is 5.97 Å². The minimum atomic E-state index is -0.416. The number of hydrogen-bond donors (Lipinski definition) is 1. The topological polar surface area (TPSA) is 58.6 Å². The first-order chi connectivity index (χ1) is 7.72. The first-order valence-electron chi connectivity index (χ1n) is 5.82. The van der Waals surface area contributed by atoms with Crippen molar-refractivity contribution in [2.24, 2.45) is 0 Å². The lowest BCUT2D eigenvalue weighted by Gasteiger charge is -2.17. The van der Waals surface area contributed by atoms with Crippen LogP contribution in [-0.4, -0.2) is 56.0 Å². The molecule has 16 heavy (non-hydrogen) atoms. The highest BCUT2D eigenvalue weighted by atomic mass is 16.5. The average molecular weight is 228 g/mol. The van der Waals surface area contributed by atoms with Gasteiger partial charge in [0.2, 0.25) is 0 Å². The van der Waals surface area contributed by atoms with Crippen molar-refractivity contribution in [3.63, 3.8) is 0 Å². The summed E-state index contributed by atoms with van der Waals surface area (Å²) in [5.74, 6) is -0.471. The van der Waals surface area contributed by atoms with E-state index in [2.05, 4.69) is 10.2 Å². The Hall–Kier alpha value is -0.940. The number of esters is 1. The monoisotopic (exact) mass is 228 g/mol. The fourth-order valence-electron chi connectivity index (χ4n) is 1.74. The highest BCUT2D eigenvalue weighted by molar-refractivity contribution is 5.96. The third-order valence-corrected chi connectivity index (χ3v) is 2.48. The number of Topliss-reactive ketones (excluding diaryl/α,β-unsaturated/α-hetero) is 1. The smallest absolute Gasteiger partial charge is 0.313 e. The van der Waals surface area contributed by atoms with E-state index in [0.29, 0.717) is 13.2 Å². The summed E-state index contributed by atoms with van der Waals surface area (Å²) in [7, 11) is 0. The zero-order valence-corrected chi connectivity index (χ0v) is 9.83. The minimum absolute atomic E-state index is 0.0552. The van der Waals surface area contributed by atoms with E-state index in [1.54, 1.807) is 6.92 Å². The van der Waals surface area contributed by atoms with Gasteiger partial charge in [-0.15, -0.1) is 0 Å². The summed E-state index contributed by atoms with van der Waals surface area (Å²) in [4.78, 5) is 24.7. The maximum Gasteiger partial charge on any atom is 0.313 e. The second-order valence-corrected chi connectivity index (χ2v) is 3.90. The predicted molar refractivity (Wildman–Crippen MR) is 60.2 cm³/mol. The summed E-state index contributed by atoms with van der Waals surface area (Å²) in [5.41, 5.74) is 0. The summed E-state index contributed by atoms with van der Waals surface area (Å²) in [6.45, 7) is 6.13. The number of nitrogens with zero attached hydrogens (tertiary/aromatic N) is 1. The lowest BCUT2D eigenvalue weighted by molar-refractivity contribution is -0.145. The van der Waals surface area contributed by atoms with E-state index in [9.17, 15) is 9.59 Å². The van der Waals surface area contributed by atoms with Crippen molar-refractivity contribution in [1.82, 2.24) is 10.2 Å². The van der Waals surface area contributed by atoms with Crippen LogP contribution in [-0.2, 0) is 14.3 Å². The van der Waals surface area contributed by atoms with E-state index in [-0.39, 0.29) is 12.2 Å². The van der Waals surface area contributed by atoms with Crippen LogP contribution in [0.15, 0.2) is 0 Å². The standard InChI is InChI=1S/C11H20N2O3/c1-2-16-11(15)8-10(14)9-13-6-3-4-12-5-7-13/h12H,2-9H2,1H3. The van der Waals surface area contributed by atoms with Gasteiger partial charge in [-0.2, -0.15) is 0 Å². The molecule has 0 unspecified atom stereocenters. The van der Waals surface area contributed by atoms with Gasteiger partial charge in [-0.05, 0) is 26.4 Å². The molecule has 1 aliphatic heterocycles. The second-order valence-electron chi connectivity index (χ2n) is 3.90. The van der Waals surface area contributed by atoms with Crippen LogP contribution in [0.4, 0.5) is 0 Å². The molecule has 1 fully saturated rings. The summed E-state index contributed by atoms with van der Waals surface area (Å²) in [6, 6.07) is 0. The molecule has 1 N–H and O–H groups in total. The van der Waals surface area contributed by atoms with E-state index < -0.39 is 5.97 Å². The molecule has 1 saturated heterocycles. The van der Waals surface area contributed by atoms with Crippen molar-refractivity contribution in [2.75, 3.05) is 39.3 Å². The first-order valence-corrected chi connectivity index (χ1v) is 5.82. The van der Waals surface area contributed by atoms with Gasteiger partial charge in [0, 0.05) is 13.1 Å². The van der Waals surface area contributed by atoms with Gasteiger partial charge in [0.05, 0.1) is 13.2 Å². The van der Waals surface area contributed by atoms with Gasteiger partial charge in [0.1, 0.15) is 6.42 Å². The molecule has 0 atom stereocenters. The molecule has 0 bridgehead atoms. The van der Waals surface area contributed by atoms with E-state index in [4.69, 9.17) is 4.74 Å². The number of ether oxygens (including phenoxy) is 1. The Balaban J connectivity index is 2.24. The van der Waals surface area contributed by atoms with Crippen LogP contribution in [0.2, 0.25) is 0 Å². The van der Waals surface area contributed by atoms with Gasteiger partial charge < -0.3 is 10.1 Å². The zero-order valence-electron chi connectivity index (χ0n) is 9.83. The SMILES string of the molecule is CCOC(=O)CC(=O)CN1CCCNCC1. The van der Waals surface area contributed by atoms with Crippen LogP contribution in [0.3, 0.4) is 0 Å². The molecule has 0 aliphatic carbocycles. The molecule has 0 amide bonds. The summed E-state index contributed by atoms with van der Waals surface area (Å²) in [6.07, 6.45) is 0.949. The number of ketones is 1. The summed E-state index contributed by atoms with van der Waals surface area (Å²) >= 11 is 0. The van der Waals surface area contributed by atoms with Crippen LogP contribution >= 0.6 is 0 Å². The van der Waals surface area contributed by atoms with E-state index in [1.807, 2.05) is 0 Å². The van der Waals surface area contributed by atoms with Gasteiger partial charge in [0.15, 0.2) is 5.78 Å². The van der Waals surface area contributed by atoms with E-state index >= 15 is 0 Å². The van der Waals surface area contributed by atoms with Gasteiger partial charge in [-0.1, -0.05) is 0 Å². The molecule has 1 aliphatic rings. The lowest BCUT2D eigenvalue weighted by atomic mass is 10.2. The predicted octanol–water partition coefficient (Wildman–Crippen LogP) is -0.196. The summed E-state index contributed by atoms with van der Waals surface area (Å²) < 4.78 is 4.74. The van der Waals surface area contributed by atoms with E-state index in [1.165, 1.54) is 0 Å². The Labute approximate surface area is 96.1 Å². The lowest BCUT2D eigenvalue weighted by Crippen LogP contribution is -2.33. The molecule has 5 nitrogen and oxygen atoms in total. The Bertz CT molecular complexity index is 235. The van der Waals surface area contributed by atoms with Crippen LogP contribution < -0.4 is 5.32 Å². The molecule has 92 valence electrons. The molecule has 0 aromatic carbocycles. The quantitative estimate of drug-likeness (QED) is 0.522. The number of rotatable bonds is 5. The third kappa shape index (κ3) is 5.23. The fourth-order valence-corrected chi connectivity index (χ4v) is 1.74. The average Bonchev–Trinajstić information content (AvgIpc) is 2.46. The van der Waals surface area contributed by atoms with Crippen LogP contribution in [0.25, 0.3) is 0 Å². The summed E-state index contributed by atoms with van der Waals surface area (Å²) in [5, 5.41) is 3.27. The third-order valence-electron chi connectivity index (χ3n) is 2.48. The van der Waals surface area contributed by atoms with Crippen LogP contribution in [0.5, 0.6) is 0 Å². The molecular formula is C11H20N2O3. The Morgan fingerprint density at radius 1 is 1.31 bits per heavy atom. The highest BCUT2D eigenvalue weighted by Gasteiger charge is 2.15. The molecule has 1 heterocycles. The molecule has 0 radical (unpaired) electrons. The number of carbonyl (C=O) groups is 2. The van der Waals surface area contributed by atoms with Crippen LogP contribution in [0.1, 0.15) is 19.8 Å². The Morgan fingerprint density at radius 3 is 2.88 bits per heavy atom.